The summed E-state index contributed by atoms with van der Waals surface area (Å²) in [6.07, 6.45) is 0. The lowest BCUT2D eigenvalue weighted by atomic mass is 10.2. The average Bonchev–Trinajstić information content (AvgIpc) is 3.09. The molecule has 0 aliphatic carbocycles. The third-order valence-electron chi connectivity index (χ3n) is 5.34. The van der Waals surface area contributed by atoms with E-state index in [0.29, 0.717) is 12.6 Å². The standard InChI is InChI=1S/C22H33N5O2/c1-5-27(17(2)3)21-8-6-19(7-9-21)23-22(28)16-26-12-10-25(11-13-26)15-20-14-18(4)29-24-20/h6-9,14,17H,5,10-13,15-16H2,1-4H3,(H,23,28). The van der Waals surface area contributed by atoms with Crippen molar-refractivity contribution in [3.05, 3.63) is 41.8 Å². The number of nitrogens with one attached hydrogen (secondary N) is 1. The highest BCUT2D eigenvalue weighted by Crippen LogP contribution is 2.20. The predicted molar refractivity (Wildman–Crippen MR) is 116 cm³/mol. The van der Waals surface area contributed by atoms with Gasteiger partial charge in [0.2, 0.25) is 5.91 Å². The van der Waals surface area contributed by atoms with Crippen molar-refractivity contribution in [1.29, 1.82) is 0 Å². The van der Waals surface area contributed by atoms with Crippen LogP contribution in [0, 0.1) is 6.92 Å². The highest BCUT2D eigenvalue weighted by molar-refractivity contribution is 5.92. The van der Waals surface area contributed by atoms with Gasteiger partial charge >= 0.3 is 0 Å². The second kappa shape index (κ2) is 9.89. The summed E-state index contributed by atoms with van der Waals surface area (Å²) >= 11 is 0. The maximum absolute atomic E-state index is 12.4. The number of carbonyl (C=O) groups excluding carboxylic acids is 1. The number of rotatable bonds is 8. The molecule has 0 spiro atoms. The fourth-order valence-electron chi connectivity index (χ4n) is 3.81. The van der Waals surface area contributed by atoms with Crippen LogP contribution in [-0.2, 0) is 11.3 Å². The van der Waals surface area contributed by atoms with Gasteiger partial charge in [0.05, 0.1) is 12.2 Å². The van der Waals surface area contributed by atoms with Crippen LogP contribution in [0.4, 0.5) is 11.4 Å². The van der Waals surface area contributed by atoms with E-state index in [-0.39, 0.29) is 5.91 Å². The molecule has 1 fully saturated rings. The molecule has 7 nitrogen and oxygen atoms in total. The highest BCUT2D eigenvalue weighted by Gasteiger charge is 2.20. The first-order chi connectivity index (χ1) is 13.9. The van der Waals surface area contributed by atoms with E-state index in [1.807, 2.05) is 25.1 Å². The number of hydrogen-bond donors (Lipinski definition) is 1. The van der Waals surface area contributed by atoms with E-state index < -0.39 is 0 Å². The van der Waals surface area contributed by atoms with Gasteiger partial charge in [-0.05, 0) is 52.0 Å². The molecular weight excluding hydrogens is 366 g/mol. The van der Waals surface area contributed by atoms with Crippen molar-refractivity contribution in [2.45, 2.75) is 40.3 Å². The maximum atomic E-state index is 12.4. The topological polar surface area (TPSA) is 64.9 Å². The van der Waals surface area contributed by atoms with Crippen LogP contribution in [0.5, 0.6) is 0 Å². The van der Waals surface area contributed by atoms with Crippen molar-refractivity contribution in [2.75, 3.05) is 49.5 Å². The van der Waals surface area contributed by atoms with Gasteiger partial charge in [-0.3, -0.25) is 14.6 Å². The zero-order chi connectivity index (χ0) is 20.8. The van der Waals surface area contributed by atoms with Crippen LogP contribution in [0.2, 0.25) is 0 Å². The second-order valence-corrected chi connectivity index (χ2v) is 7.96. The minimum atomic E-state index is 0.0366. The number of piperazine rings is 1. The summed E-state index contributed by atoms with van der Waals surface area (Å²) in [7, 11) is 0. The molecule has 1 aromatic carbocycles. The zero-order valence-corrected chi connectivity index (χ0v) is 18.0. The van der Waals surface area contributed by atoms with Gasteiger partial charge in [-0.1, -0.05) is 5.16 Å². The molecule has 0 atom stereocenters. The predicted octanol–water partition coefficient (Wildman–Crippen LogP) is 2.97. The molecule has 1 aromatic heterocycles. The van der Waals surface area contributed by atoms with Gasteiger partial charge in [-0.15, -0.1) is 0 Å². The van der Waals surface area contributed by atoms with Crippen LogP contribution in [0.25, 0.3) is 0 Å². The lowest BCUT2D eigenvalue weighted by Gasteiger charge is -2.33. The minimum Gasteiger partial charge on any atom is -0.369 e. The fourth-order valence-corrected chi connectivity index (χ4v) is 3.81. The molecule has 29 heavy (non-hydrogen) atoms. The number of anilines is 2. The molecule has 0 saturated carbocycles. The normalized spacial score (nSPS) is 15.6. The largest absolute Gasteiger partial charge is 0.369 e. The molecule has 1 aliphatic heterocycles. The Morgan fingerprint density at radius 2 is 1.83 bits per heavy atom. The lowest BCUT2D eigenvalue weighted by Crippen LogP contribution is -2.48. The van der Waals surface area contributed by atoms with Crippen LogP contribution >= 0.6 is 0 Å². The third kappa shape index (κ3) is 6.05. The highest BCUT2D eigenvalue weighted by atomic mass is 16.5. The van der Waals surface area contributed by atoms with E-state index in [1.165, 1.54) is 5.69 Å². The monoisotopic (exact) mass is 399 g/mol. The first kappa shape index (κ1) is 21.3. The van der Waals surface area contributed by atoms with Crippen molar-refractivity contribution in [3.8, 4) is 0 Å². The molecule has 1 saturated heterocycles. The van der Waals surface area contributed by atoms with Crippen molar-refractivity contribution in [3.63, 3.8) is 0 Å². The number of hydrogen-bond acceptors (Lipinski definition) is 6. The Bertz CT molecular complexity index is 779. The first-order valence-electron chi connectivity index (χ1n) is 10.5. The maximum Gasteiger partial charge on any atom is 0.238 e. The van der Waals surface area contributed by atoms with Gasteiger partial charge in [0.25, 0.3) is 0 Å². The van der Waals surface area contributed by atoms with Crippen LogP contribution in [0.15, 0.2) is 34.9 Å². The Hall–Kier alpha value is -2.38. The molecule has 0 bridgehead atoms. The van der Waals surface area contributed by atoms with Gasteiger partial charge in [-0.2, -0.15) is 0 Å². The summed E-state index contributed by atoms with van der Waals surface area (Å²) in [6.45, 7) is 14.2. The molecule has 2 aromatic rings. The molecule has 1 amide bonds. The van der Waals surface area contributed by atoms with E-state index in [2.05, 4.69) is 58.1 Å². The summed E-state index contributed by atoms with van der Waals surface area (Å²) in [5, 5.41) is 7.08. The Labute approximate surface area is 173 Å². The fraction of sp³-hybridized carbons (Fsp3) is 0.545. The number of aryl methyl sites for hydroxylation is 1. The summed E-state index contributed by atoms with van der Waals surface area (Å²) < 4.78 is 5.13. The molecule has 1 N–H and O–H groups in total. The van der Waals surface area contributed by atoms with Gasteiger partial charge in [0.15, 0.2) is 0 Å². The van der Waals surface area contributed by atoms with Crippen LogP contribution < -0.4 is 10.2 Å². The lowest BCUT2D eigenvalue weighted by molar-refractivity contribution is -0.117. The molecule has 158 valence electrons. The van der Waals surface area contributed by atoms with Crippen molar-refractivity contribution in [2.24, 2.45) is 0 Å². The van der Waals surface area contributed by atoms with E-state index in [9.17, 15) is 4.79 Å². The van der Waals surface area contributed by atoms with E-state index >= 15 is 0 Å². The number of amides is 1. The second-order valence-electron chi connectivity index (χ2n) is 7.96. The third-order valence-corrected chi connectivity index (χ3v) is 5.34. The van der Waals surface area contributed by atoms with E-state index in [4.69, 9.17) is 4.52 Å². The molecule has 0 unspecified atom stereocenters. The summed E-state index contributed by atoms with van der Waals surface area (Å²) in [6, 6.07) is 10.5. The Morgan fingerprint density at radius 3 is 2.38 bits per heavy atom. The van der Waals surface area contributed by atoms with Crippen molar-refractivity contribution < 1.29 is 9.32 Å². The van der Waals surface area contributed by atoms with Crippen LogP contribution in [0.3, 0.4) is 0 Å². The molecular formula is C22H33N5O2. The number of aromatic nitrogens is 1. The smallest absolute Gasteiger partial charge is 0.238 e. The Morgan fingerprint density at radius 1 is 1.17 bits per heavy atom. The first-order valence-corrected chi connectivity index (χ1v) is 10.5. The summed E-state index contributed by atoms with van der Waals surface area (Å²) in [5.41, 5.74) is 2.99. The van der Waals surface area contributed by atoms with Crippen molar-refractivity contribution in [1.82, 2.24) is 15.0 Å². The van der Waals surface area contributed by atoms with Gasteiger partial charge in [0.1, 0.15) is 5.76 Å². The number of nitrogens with zero attached hydrogens (tertiary/aromatic N) is 4. The quantitative estimate of drug-likeness (QED) is 0.736. The molecule has 3 rings (SSSR count). The van der Waals surface area contributed by atoms with Gasteiger partial charge in [0, 0.05) is 62.8 Å². The summed E-state index contributed by atoms with van der Waals surface area (Å²) in [5.74, 6) is 0.879. The number of benzene rings is 1. The van der Waals surface area contributed by atoms with Crippen LogP contribution in [-0.4, -0.2) is 66.2 Å². The average molecular weight is 400 g/mol. The van der Waals surface area contributed by atoms with E-state index in [0.717, 1.165) is 56.4 Å². The van der Waals surface area contributed by atoms with E-state index in [1.54, 1.807) is 0 Å². The van der Waals surface area contributed by atoms with Gasteiger partial charge in [-0.25, -0.2) is 0 Å². The molecule has 2 heterocycles. The van der Waals surface area contributed by atoms with Gasteiger partial charge < -0.3 is 14.7 Å². The molecule has 0 radical (unpaired) electrons. The SMILES string of the molecule is CCN(c1ccc(NC(=O)CN2CCN(Cc3cc(C)on3)CC2)cc1)C(C)C. The Balaban J connectivity index is 1.43. The molecule has 7 heteroatoms. The van der Waals surface area contributed by atoms with Crippen LogP contribution in [0.1, 0.15) is 32.2 Å². The Kier molecular flexibility index (Phi) is 7.28. The number of carbonyl (C=O) groups is 1. The summed E-state index contributed by atoms with van der Waals surface area (Å²) in [4.78, 5) is 19.3. The minimum absolute atomic E-state index is 0.0366. The van der Waals surface area contributed by atoms with Crippen molar-refractivity contribution >= 4 is 17.3 Å². The zero-order valence-electron chi connectivity index (χ0n) is 18.0. The molecule has 1 aliphatic rings.